The molecule has 19 heteroatoms. The number of aromatic amines is 1. The number of carboxylic acids is 1. The molecule has 0 amide bonds. The SMILES string of the molecule is COc1ccc2[n-]c(S(=O)Cc3ncc(C)c(OC)c3C)nc2c1.COc1ccc2nc([S@@](=O)Cc3ncc(C)c(OC)c3C)[nH]c2c1.O=C([O-])[C@@H](O)c1ccccc1.[Na+].[Na+]. The van der Waals surface area contributed by atoms with Gasteiger partial charge >= 0.3 is 59.1 Å². The molecule has 2 N–H and O–H groups in total. The average molecular weight is 887 g/mol. The fourth-order valence-corrected chi connectivity index (χ4v) is 8.10. The smallest absolute Gasteiger partial charge is 0.547 e. The van der Waals surface area contributed by atoms with Crippen LogP contribution in [0.5, 0.6) is 23.0 Å². The van der Waals surface area contributed by atoms with Crippen LogP contribution in [-0.2, 0) is 37.9 Å². The number of methoxy groups -OCH3 is 4. The number of nitrogens with zero attached hydrogens (tertiary/aromatic N) is 5. The van der Waals surface area contributed by atoms with Crippen molar-refractivity contribution in [2.24, 2.45) is 0 Å². The van der Waals surface area contributed by atoms with Gasteiger partial charge in [-0.2, -0.15) is 0 Å². The number of nitrogens with one attached hydrogen (secondary N) is 1. The first-order valence-corrected chi connectivity index (χ1v) is 20.6. The maximum Gasteiger partial charge on any atom is 1.00 e. The molecule has 0 aliphatic carbocycles. The number of pyridine rings is 2. The van der Waals surface area contributed by atoms with Crippen LogP contribution in [0.4, 0.5) is 0 Å². The number of aliphatic hydroxyl groups excluding tert-OH is 1. The third kappa shape index (κ3) is 12.9. The van der Waals surface area contributed by atoms with Crippen LogP contribution >= 0.6 is 0 Å². The minimum Gasteiger partial charge on any atom is -0.547 e. The third-order valence-electron chi connectivity index (χ3n) is 9.08. The molecule has 7 aromatic rings. The van der Waals surface area contributed by atoms with Gasteiger partial charge in [0.2, 0.25) is 0 Å². The summed E-state index contributed by atoms with van der Waals surface area (Å²) < 4.78 is 46.5. The van der Waals surface area contributed by atoms with Gasteiger partial charge in [-0.25, -0.2) is 4.98 Å². The monoisotopic (exact) mass is 886 g/mol. The van der Waals surface area contributed by atoms with Crippen LogP contribution < -0.4 is 88.2 Å². The Balaban J connectivity index is 0.000000256. The van der Waals surface area contributed by atoms with E-state index in [1.807, 2.05) is 45.9 Å². The number of aromatic nitrogens is 6. The molecule has 61 heavy (non-hydrogen) atoms. The van der Waals surface area contributed by atoms with E-state index in [0.29, 0.717) is 32.7 Å². The summed E-state index contributed by atoms with van der Waals surface area (Å²) in [5.41, 5.74) is 8.44. The van der Waals surface area contributed by atoms with E-state index in [4.69, 9.17) is 24.1 Å². The Morgan fingerprint density at radius 1 is 0.738 bits per heavy atom. The van der Waals surface area contributed by atoms with Gasteiger partial charge in [-0.3, -0.25) is 18.4 Å². The number of H-pyrrole nitrogens is 1. The molecule has 3 aromatic carbocycles. The van der Waals surface area contributed by atoms with Crippen molar-refractivity contribution in [1.29, 1.82) is 0 Å². The molecular weight excluding hydrogens is 843 g/mol. The van der Waals surface area contributed by atoms with E-state index in [-0.39, 0.29) is 70.6 Å². The number of aliphatic hydroxyl groups is 1. The zero-order chi connectivity index (χ0) is 42.8. The Morgan fingerprint density at radius 3 is 1.82 bits per heavy atom. The van der Waals surface area contributed by atoms with Gasteiger partial charge < -0.3 is 48.9 Å². The molecule has 7 rings (SSSR count). The normalized spacial score (nSPS) is 12.0. The molecule has 0 spiro atoms. The number of hydrogen-bond donors (Lipinski definition) is 2. The first-order chi connectivity index (χ1) is 28.3. The second kappa shape index (κ2) is 23.9. The van der Waals surface area contributed by atoms with Crippen LogP contribution in [0.3, 0.4) is 0 Å². The van der Waals surface area contributed by atoms with E-state index >= 15 is 0 Å². The number of imidazole rings is 2. The summed E-state index contributed by atoms with van der Waals surface area (Å²) in [5, 5.41) is 19.8. The number of rotatable bonds is 12. The van der Waals surface area contributed by atoms with E-state index in [9.17, 15) is 18.3 Å². The number of carbonyl (C=O) groups excluding carboxylic acids is 1. The molecule has 4 aromatic heterocycles. The van der Waals surface area contributed by atoms with Gasteiger partial charge in [-0.05, 0) is 68.6 Å². The number of carbonyl (C=O) groups is 1. The second-order valence-corrected chi connectivity index (χ2v) is 15.7. The fraction of sp³-hybridized carbons (Fsp3) is 0.262. The topological polar surface area (TPSA) is 213 Å². The molecule has 0 saturated heterocycles. The van der Waals surface area contributed by atoms with Gasteiger partial charge in [0, 0.05) is 45.9 Å². The first kappa shape index (κ1) is 51.2. The molecule has 0 radical (unpaired) electrons. The van der Waals surface area contributed by atoms with E-state index < -0.39 is 33.7 Å². The maximum atomic E-state index is 12.7. The number of benzene rings is 3. The van der Waals surface area contributed by atoms with Gasteiger partial charge in [-0.1, -0.05) is 36.4 Å². The molecule has 0 saturated carbocycles. The predicted octanol–water partition coefficient (Wildman–Crippen LogP) is -1.09. The van der Waals surface area contributed by atoms with E-state index in [1.165, 1.54) is 12.1 Å². The number of carboxylic acid groups (broad SMARTS) is 1. The molecule has 1 unspecified atom stereocenters. The molecule has 15 nitrogen and oxygen atoms in total. The Kier molecular flexibility index (Phi) is 20.0. The quantitative estimate of drug-likeness (QED) is 0.140. The summed E-state index contributed by atoms with van der Waals surface area (Å²) >= 11 is 0. The van der Waals surface area contributed by atoms with Crippen LogP contribution in [0, 0.1) is 27.7 Å². The Morgan fingerprint density at radius 2 is 1.28 bits per heavy atom. The average Bonchev–Trinajstić information content (AvgIpc) is 3.88. The summed E-state index contributed by atoms with van der Waals surface area (Å²) in [4.78, 5) is 35.1. The molecule has 0 aliphatic rings. The van der Waals surface area contributed by atoms with Crippen LogP contribution in [0.15, 0.2) is 89.4 Å². The molecule has 0 fully saturated rings. The number of aliphatic carboxylic acids is 1. The zero-order valence-electron chi connectivity index (χ0n) is 35.8. The number of aryl methyl sites for hydroxylation is 2. The summed E-state index contributed by atoms with van der Waals surface area (Å²) in [7, 11) is 3.74. The summed E-state index contributed by atoms with van der Waals surface area (Å²) in [5.74, 6) is 2.03. The molecule has 310 valence electrons. The number of fused-ring (bicyclic) bond motifs is 2. The Bertz CT molecular complexity index is 2470. The third-order valence-corrected chi connectivity index (χ3v) is 11.4. The van der Waals surface area contributed by atoms with Crippen molar-refractivity contribution in [2.75, 3.05) is 28.4 Å². The van der Waals surface area contributed by atoms with Crippen molar-refractivity contribution in [1.82, 2.24) is 29.9 Å². The molecule has 0 aliphatic heterocycles. The van der Waals surface area contributed by atoms with E-state index in [2.05, 4.69) is 29.9 Å². The van der Waals surface area contributed by atoms with Crippen molar-refractivity contribution < 1.29 is 101 Å². The van der Waals surface area contributed by atoms with Crippen molar-refractivity contribution in [3.8, 4) is 23.0 Å². The van der Waals surface area contributed by atoms with Gasteiger partial charge in [0.1, 0.15) is 29.1 Å². The van der Waals surface area contributed by atoms with Crippen molar-refractivity contribution in [3.05, 3.63) is 118 Å². The zero-order valence-corrected chi connectivity index (χ0v) is 41.4. The van der Waals surface area contributed by atoms with Crippen LogP contribution in [0.25, 0.3) is 22.1 Å². The van der Waals surface area contributed by atoms with Crippen LogP contribution in [0.1, 0.15) is 45.3 Å². The van der Waals surface area contributed by atoms with Crippen molar-refractivity contribution >= 4 is 49.6 Å². The van der Waals surface area contributed by atoms with E-state index in [1.54, 1.807) is 77.2 Å². The van der Waals surface area contributed by atoms with Crippen LogP contribution in [-0.4, -0.2) is 72.9 Å². The van der Waals surface area contributed by atoms with Gasteiger partial charge in [0.25, 0.3) is 0 Å². The molecular formula is C42H44N6Na2O9S2. The number of ether oxygens (including phenoxy) is 4. The second-order valence-electron chi connectivity index (χ2n) is 13.0. The van der Waals surface area contributed by atoms with Crippen molar-refractivity contribution in [3.63, 3.8) is 0 Å². The van der Waals surface area contributed by atoms with E-state index in [0.717, 1.165) is 61.9 Å². The molecule has 0 bridgehead atoms. The van der Waals surface area contributed by atoms with Crippen molar-refractivity contribution in [2.45, 2.75) is 55.6 Å². The first-order valence-electron chi connectivity index (χ1n) is 18.0. The summed E-state index contributed by atoms with van der Waals surface area (Å²) in [6, 6.07) is 19.0. The van der Waals surface area contributed by atoms with Gasteiger partial charge in [-0.15, -0.1) is 0 Å². The van der Waals surface area contributed by atoms with Crippen LogP contribution in [0.2, 0.25) is 0 Å². The Hall–Kier alpha value is -4.17. The predicted molar refractivity (Wildman–Crippen MR) is 221 cm³/mol. The largest absolute Gasteiger partial charge is 1.00 e. The summed E-state index contributed by atoms with van der Waals surface area (Å²) in [6.07, 6.45) is 1.95. The van der Waals surface area contributed by atoms with Gasteiger partial charge in [0.05, 0.1) is 89.9 Å². The summed E-state index contributed by atoms with van der Waals surface area (Å²) in [6.45, 7) is 7.71. The fourth-order valence-electron chi connectivity index (χ4n) is 5.93. The minimum atomic E-state index is -1.52. The standard InChI is InChI=1S/C17H19N3O3S.C17H18N3O3S.C8H8O3.2Na/c2*1-10-8-18-15(11(2)16(10)23-4)9-24(21)17-19-13-6-5-12(22-3)7-14(13)20-17;9-7(8(10)11)6-4-2-1-3-5-6;;/h5-8H,9H2,1-4H3,(H,19,20);5-8H,9H2,1-4H3;1-5,7,9H,(H,10,11);;/q;-1;;2*+1/p-1/t24-;;7-;;/m0.0../s1. The molecule has 3 atom stereocenters. The number of hydrogen-bond acceptors (Lipinski definition) is 13. The van der Waals surface area contributed by atoms with Gasteiger partial charge in [0.15, 0.2) is 5.16 Å². The maximum absolute atomic E-state index is 12.7. The Labute approximate surface area is 402 Å². The molecule has 4 heterocycles. The minimum absolute atomic E-state index is 0.